The van der Waals surface area contributed by atoms with Crippen molar-refractivity contribution >= 4 is 17.5 Å². The molecule has 1 aromatic carbocycles. The summed E-state index contributed by atoms with van der Waals surface area (Å²) in [7, 11) is 1.61. The zero-order valence-electron chi connectivity index (χ0n) is 13.6. The van der Waals surface area contributed by atoms with Gasteiger partial charge in [0.15, 0.2) is 0 Å². The van der Waals surface area contributed by atoms with Gasteiger partial charge in [0, 0.05) is 18.8 Å². The standard InChI is InChI=1S/C18H24N2O3/c1-23-14-8-6-13(7-9-14)19-17(21)15-12-16(15)18(22)20-10-4-2-3-5-11-20/h6-9,15-16H,2-5,10-12H2,1H3,(H,19,21). The van der Waals surface area contributed by atoms with Crippen molar-refractivity contribution in [1.82, 2.24) is 4.90 Å². The second-order valence-corrected chi connectivity index (χ2v) is 6.41. The smallest absolute Gasteiger partial charge is 0.228 e. The highest BCUT2D eigenvalue weighted by atomic mass is 16.5. The molecule has 1 saturated carbocycles. The molecule has 1 saturated heterocycles. The van der Waals surface area contributed by atoms with Gasteiger partial charge in [0.05, 0.1) is 18.9 Å². The molecule has 1 heterocycles. The summed E-state index contributed by atoms with van der Waals surface area (Å²) in [5.41, 5.74) is 0.740. The molecular formula is C18H24N2O3. The first kappa shape index (κ1) is 15.8. The van der Waals surface area contributed by atoms with E-state index in [1.165, 1.54) is 12.8 Å². The van der Waals surface area contributed by atoms with Crippen LogP contribution in [-0.2, 0) is 9.59 Å². The molecule has 1 aliphatic carbocycles. The average Bonchev–Trinajstić information content (AvgIpc) is 3.39. The fraction of sp³-hybridized carbons (Fsp3) is 0.556. The number of anilines is 1. The lowest BCUT2D eigenvalue weighted by Crippen LogP contribution is -2.34. The summed E-state index contributed by atoms with van der Waals surface area (Å²) in [6, 6.07) is 7.24. The lowest BCUT2D eigenvalue weighted by molar-refractivity contribution is -0.134. The second kappa shape index (κ2) is 7.02. The molecule has 1 aromatic rings. The number of benzene rings is 1. The van der Waals surface area contributed by atoms with Crippen molar-refractivity contribution in [3.63, 3.8) is 0 Å². The van der Waals surface area contributed by atoms with Crippen LogP contribution in [0.15, 0.2) is 24.3 Å². The molecule has 1 aliphatic heterocycles. The van der Waals surface area contributed by atoms with Crippen LogP contribution < -0.4 is 10.1 Å². The highest BCUT2D eigenvalue weighted by Gasteiger charge is 2.49. The fourth-order valence-corrected chi connectivity index (χ4v) is 3.19. The minimum absolute atomic E-state index is 0.0525. The quantitative estimate of drug-likeness (QED) is 0.929. The minimum atomic E-state index is -0.173. The topological polar surface area (TPSA) is 58.6 Å². The minimum Gasteiger partial charge on any atom is -0.497 e. The Balaban J connectivity index is 1.52. The second-order valence-electron chi connectivity index (χ2n) is 6.41. The van der Waals surface area contributed by atoms with Crippen molar-refractivity contribution in [2.75, 3.05) is 25.5 Å². The molecule has 2 atom stereocenters. The molecule has 2 amide bonds. The summed E-state index contributed by atoms with van der Waals surface area (Å²) in [4.78, 5) is 26.7. The molecule has 2 unspecified atom stereocenters. The van der Waals surface area contributed by atoms with Gasteiger partial charge in [0.2, 0.25) is 11.8 Å². The number of nitrogens with zero attached hydrogens (tertiary/aromatic N) is 1. The predicted molar refractivity (Wildman–Crippen MR) is 88.3 cm³/mol. The number of rotatable bonds is 4. The van der Waals surface area contributed by atoms with Crippen molar-refractivity contribution in [2.45, 2.75) is 32.1 Å². The third-order valence-corrected chi connectivity index (χ3v) is 4.72. The fourth-order valence-electron chi connectivity index (χ4n) is 3.19. The molecule has 0 spiro atoms. The molecule has 23 heavy (non-hydrogen) atoms. The van der Waals surface area contributed by atoms with E-state index in [1.54, 1.807) is 7.11 Å². The van der Waals surface area contributed by atoms with E-state index in [9.17, 15) is 9.59 Å². The molecule has 2 aliphatic rings. The molecular weight excluding hydrogens is 292 g/mol. The molecule has 1 N–H and O–H groups in total. The maximum Gasteiger partial charge on any atom is 0.228 e. The molecule has 0 bridgehead atoms. The molecule has 5 nitrogen and oxygen atoms in total. The zero-order valence-corrected chi connectivity index (χ0v) is 13.6. The highest BCUT2D eigenvalue weighted by molar-refractivity contribution is 5.99. The van der Waals surface area contributed by atoms with Crippen LogP contribution in [0.3, 0.4) is 0 Å². The van der Waals surface area contributed by atoms with Crippen LogP contribution in [0.2, 0.25) is 0 Å². The van der Waals surface area contributed by atoms with Gasteiger partial charge < -0.3 is 15.0 Å². The van der Waals surface area contributed by atoms with Crippen LogP contribution in [0.5, 0.6) is 5.75 Å². The van der Waals surface area contributed by atoms with Gasteiger partial charge in [-0.15, -0.1) is 0 Å². The maximum atomic E-state index is 12.5. The predicted octanol–water partition coefficient (Wildman–Crippen LogP) is 2.67. The number of hydrogen-bond acceptors (Lipinski definition) is 3. The number of hydrogen-bond donors (Lipinski definition) is 1. The monoisotopic (exact) mass is 316 g/mol. The van der Waals surface area contributed by atoms with Gasteiger partial charge in [-0.1, -0.05) is 12.8 Å². The van der Waals surface area contributed by atoms with Crippen LogP contribution >= 0.6 is 0 Å². The Morgan fingerprint density at radius 3 is 2.30 bits per heavy atom. The number of carbonyl (C=O) groups is 2. The van der Waals surface area contributed by atoms with Crippen LogP contribution in [0.1, 0.15) is 32.1 Å². The van der Waals surface area contributed by atoms with E-state index in [1.807, 2.05) is 29.2 Å². The van der Waals surface area contributed by atoms with Gasteiger partial charge in [-0.2, -0.15) is 0 Å². The van der Waals surface area contributed by atoms with E-state index >= 15 is 0 Å². The molecule has 124 valence electrons. The van der Waals surface area contributed by atoms with Gasteiger partial charge in [-0.3, -0.25) is 9.59 Å². The van der Waals surface area contributed by atoms with Gasteiger partial charge in [-0.05, 0) is 43.5 Å². The third-order valence-electron chi connectivity index (χ3n) is 4.72. The van der Waals surface area contributed by atoms with Crippen LogP contribution in [-0.4, -0.2) is 36.9 Å². The summed E-state index contributed by atoms with van der Waals surface area (Å²) in [6.07, 6.45) is 5.26. The summed E-state index contributed by atoms with van der Waals surface area (Å²) in [6.45, 7) is 1.70. The Kier molecular flexibility index (Phi) is 4.84. The molecule has 3 rings (SSSR count). The average molecular weight is 316 g/mol. The number of ether oxygens (including phenoxy) is 1. The van der Waals surface area contributed by atoms with Crippen molar-refractivity contribution < 1.29 is 14.3 Å². The molecule has 2 fully saturated rings. The van der Waals surface area contributed by atoms with Crippen LogP contribution in [0, 0.1) is 11.8 Å². The Hall–Kier alpha value is -2.04. The number of carbonyl (C=O) groups excluding carboxylic acids is 2. The Morgan fingerprint density at radius 2 is 1.70 bits per heavy atom. The van der Waals surface area contributed by atoms with Gasteiger partial charge in [-0.25, -0.2) is 0 Å². The first-order valence-electron chi connectivity index (χ1n) is 8.43. The van der Waals surface area contributed by atoms with E-state index in [0.717, 1.165) is 37.4 Å². The Labute approximate surface area is 137 Å². The number of likely N-dealkylation sites (tertiary alicyclic amines) is 1. The lowest BCUT2D eigenvalue weighted by atomic mass is 10.2. The SMILES string of the molecule is COc1ccc(NC(=O)C2CC2C(=O)N2CCCCCC2)cc1. The zero-order chi connectivity index (χ0) is 16.2. The highest BCUT2D eigenvalue weighted by Crippen LogP contribution is 2.41. The van der Waals surface area contributed by atoms with Gasteiger partial charge in [0.1, 0.15) is 5.75 Å². The van der Waals surface area contributed by atoms with E-state index in [2.05, 4.69) is 5.32 Å². The summed E-state index contributed by atoms with van der Waals surface area (Å²) in [5, 5.41) is 2.89. The van der Waals surface area contributed by atoms with Crippen LogP contribution in [0.4, 0.5) is 5.69 Å². The molecule has 5 heteroatoms. The first-order chi connectivity index (χ1) is 11.2. The van der Waals surface area contributed by atoms with Crippen molar-refractivity contribution in [3.05, 3.63) is 24.3 Å². The normalized spacial score (nSPS) is 23.8. The Bertz CT molecular complexity index is 562. The molecule has 0 aromatic heterocycles. The van der Waals surface area contributed by atoms with Crippen LogP contribution in [0.25, 0.3) is 0 Å². The third kappa shape index (κ3) is 3.84. The van der Waals surface area contributed by atoms with Crippen molar-refractivity contribution in [3.8, 4) is 5.75 Å². The molecule has 0 radical (unpaired) electrons. The lowest BCUT2D eigenvalue weighted by Gasteiger charge is -2.20. The van der Waals surface area contributed by atoms with Crippen molar-refractivity contribution in [1.29, 1.82) is 0 Å². The largest absolute Gasteiger partial charge is 0.497 e. The van der Waals surface area contributed by atoms with E-state index in [0.29, 0.717) is 6.42 Å². The van der Waals surface area contributed by atoms with Crippen molar-refractivity contribution in [2.24, 2.45) is 11.8 Å². The Morgan fingerprint density at radius 1 is 1.04 bits per heavy atom. The summed E-state index contributed by atoms with van der Waals surface area (Å²) < 4.78 is 5.10. The van der Waals surface area contributed by atoms with Gasteiger partial charge in [0.25, 0.3) is 0 Å². The number of methoxy groups -OCH3 is 1. The summed E-state index contributed by atoms with van der Waals surface area (Å²) in [5.74, 6) is 0.577. The van der Waals surface area contributed by atoms with E-state index < -0.39 is 0 Å². The van der Waals surface area contributed by atoms with E-state index in [4.69, 9.17) is 4.74 Å². The van der Waals surface area contributed by atoms with Gasteiger partial charge >= 0.3 is 0 Å². The number of amides is 2. The maximum absolute atomic E-state index is 12.5. The summed E-state index contributed by atoms with van der Waals surface area (Å²) >= 11 is 0. The first-order valence-corrected chi connectivity index (χ1v) is 8.43. The number of nitrogens with one attached hydrogen (secondary N) is 1. The van der Waals surface area contributed by atoms with E-state index in [-0.39, 0.29) is 23.7 Å².